The minimum Gasteiger partial charge on any atom is -0.456 e. The Kier molecular flexibility index (Phi) is 7.42. The van der Waals surface area contributed by atoms with Crippen LogP contribution in [0.4, 0.5) is 0 Å². The Morgan fingerprint density at radius 3 is 1.55 bits per heavy atom. The van der Waals surface area contributed by atoms with Crippen LogP contribution in [-0.2, 0) is 0 Å². The Bertz CT molecular complexity index is 3180. The maximum absolute atomic E-state index is 6.34. The van der Waals surface area contributed by atoms with E-state index in [-0.39, 0.29) is 0 Å². The molecule has 3 heterocycles. The van der Waals surface area contributed by atoms with Crippen molar-refractivity contribution in [2.24, 2.45) is 0 Å². The third-order valence-electron chi connectivity index (χ3n) is 10.6. The lowest BCUT2D eigenvalue weighted by Gasteiger charge is -2.14. The first-order valence-electron chi connectivity index (χ1n) is 18.8. The number of nitrogens with zero attached hydrogens (tertiary/aromatic N) is 4. The van der Waals surface area contributed by atoms with E-state index < -0.39 is 0 Å². The van der Waals surface area contributed by atoms with E-state index >= 15 is 0 Å². The van der Waals surface area contributed by atoms with Gasteiger partial charge < -0.3 is 8.98 Å². The largest absolute Gasteiger partial charge is 0.456 e. The van der Waals surface area contributed by atoms with Crippen LogP contribution >= 0.6 is 0 Å². The molecule has 11 aromatic rings. The van der Waals surface area contributed by atoms with Crippen molar-refractivity contribution in [3.8, 4) is 62.1 Å². The highest BCUT2D eigenvalue weighted by Gasteiger charge is 2.20. The number of furan rings is 1. The number of rotatable bonds is 6. The molecule has 56 heavy (non-hydrogen) atoms. The Hall–Kier alpha value is -7.63. The highest BCUT2D eigenvalue weighted by atomic mass is 16.3. The molecule has 0 bridgehead atoms. The summed E-state index contributed by atoms with van der Waals surface area (Å²) in [7, 11) is 0. The lowest BCUT2D eigenvalue weighted by molar-refractivity contribution is 0.669. The zero-order valence-electron chi connectivity index (χ0n) is 30.2. The van der Waals surface area contributed by atoms with Gasteiger partial charge in [-0.1, -0.05) is 140 Å². The standard InChI is InChI=1S/C51H32N4O/c1-4-15-33(16-5-1)37-29-38(31-39(30-37)51-53-49(34-17-6-2-7-18-34)52-50(54-51)35-19-8-3-9-20-35)36-21-14-22-40(32-36)55-43-25-12-10-23-41(43)47-44(55)27-28-46-48(47)42-24-11-13-26-45(42)56-46/h1-32H. The first-order valence-corrected chi connectivity index (χ1v) is 18.8. The number of hydrogen-bond donors (Lipinski definition) is 0. The lowest BCUT2D eigenvalue weighted by Crippen LogP contribution is -2.00. The molecule has 0 spiro atoms. The average Bonchev–Trinajstić information content (AvgIpc) is 3.83. The number of fused-ring (bicyclic) bond motifs is 7. The molecule has 0 saturated heterocycles. The lowest BCUT2D eigenvalue weighted by atomic mass is 9.95. The van der Waals surface area contributed by atoms with Crippen molar-refractivity contribution in [2.45, 2.75) is 0 Å². The van der Waals surface area contributed by atoms with E-state index in [1.807, 2.05) is 78.9 Å². The molecule has 3 aromatic heterocycles. The van der Waals surface area contributed by atoms with Gasteiger partial charge in [0.25, 0.3) is 0 Å². The number of benzene rings is 8. The molecule has 0 fully saturated rings. The summed E-state index contributed by atoms with van der Waals surface area (Å²) in [4.78, 5) is 15.2. The minimum atomic E-state index is 0.617. The zero-order valence-corrected chi connectivity index (χ0v) is 30.2. The first-order chi connectivity index (χ1) is 27.7. The Morgan fingerprint density at radius 2 is 0.857 bits per heavy atom. The minimum absolute atomic E-state index is 0.617. The second kappa shape index (κ2) is 13.0. The first kappa shape index (κ1) is 31.9. The van der Waals surface area contributed by atoms with E-state index in [0.717, 1.165) is 77.6 Å². The molecule has 0 N–H and O–H groups in total. The summed E-state index contributed by atoms with van der Waals surface area (Å²) in [6.07, 6.45) is 0. The van der Waals surface area contributed by atoms with Crippen molar-refractivity contribution in [1.29, 1.82) is 0 Å². The fourth-order valence-electron chi connectivity index (χ4n) is 8.04. The van der Waals surface area contributed by atoms with Crippen molar-refractivity contribution in [3.05, 3.63) is 194 Å². The maximum atomic E-state index is 6.34. The topological polar surface area (TPSA) is 56.7 Å². The number of para-hydroxylation sites is 2. The van der Waals surface area contributed by atoms with E-state index in [4.69, 9.17) is 19.4 Å². The number of hydrogen-bond acceptors (Lipinski definition) is 4. The van der Waals surface area contributed by atoms with Gasteiger partial charge in [0.05, 0.1) is 11.0 Å². The Labute approximate surface area is 322 Å². The Morgan fingerprint density at radius 1 is 0.321 bits per heavy atom. The molecule has 5 nitrogen and oxygen atoms in total. The third-order valence-corrected chi connectivity index (χ3v) is 10.6. The van der Waals surface area contributed by atoms with Gasteiger partial charge in [0.15, 0.2) is 17.5 Å². The van der Waals surface area contributed by atoms with E-state index in [1.54, 1.807) is 0 Å². The SMILES string of the molecule is c1ccc(-c2cc(-c3cccc(-n4c5ccccc5c5c6c(ccc54)oc4ccccc46)c3)cc(-c3nc(-c4ccccc4)nc(-c4ccccc4)n3)c2)cc1. The molecule has 5 heteroatoms. The molecule has 0 amide bonds. The van der Waals surface area contributed by atoms with Crippen molar-refractivity contribution in [1.82, 2.24) is 19.5 Å². The number of aromatic nitrogens is 4. The van der Waals surface area contributed by atoms with Crippen molar-refractivity contribution in [2.75, 3.05) is 0 Å². The van der Waals surface area contributed by atoms with Crippen LogP contribution < -0.4 is 0 Å². The van der Waals surface area contributed by atoms with Gasteiger partial charge in [-0.2, -0.15) is 0 Å². The third kappa shape index (κ3) is 5.37. The van der Waals surface area contributed by atoms with Gasteiger partial charge in [0, 0.05) is 43.9 Å². The molecule has 8 aromatic carbocycles. The molecule has 0 unspecified atom stereocenters. The molecular weight excluding hydrogens is 685 g/mol. The predicted molar refractivity (Wildman–Crippen MR) is 229 cm³/mol. The van der Waals surface area contributed by atoms with Crippen LogP contribution in [0.2, 0.25) is 0 Å². The van der Waals surface area contributed by atoms with Crippen molar-refractivity contribution in [3.63, 3.8) is 0 Å². The van der Waals surface area contributed by atoms with Gasteiger partial charge in [-0.05, 0) is 76.9 Å². The molecule has 0 aliphatic carbocycles. The summed E-state index contributed by atoms with van der Waals surface area (Å²) in [5.41, 5.74) is 12.3. The summed E-state index contributed by atoms with van der Waals surface area (Å²) < 4.78 is 8.71. The molecular formula is C51H32N4O. The molecule has 0 radical (unpaired) electrons. The van der Waals surface area contributed by atoms with Gasteiger partial charge in [-0.3, -0.25) is 0 Å². The van der Waals surface area contributed by atoms with Crippen LogP contribution in [0.25, 0.3) is 106 Å². The van der Waals surface area contributed by atoms with Gasteiger partial charge in [-0.25, -0.2) is 15.0 Å². The summed E-state index contributed by atoms with van der Waals surface area (Å²) in [5, 5.41) is 4.66. The second-order valence-electron chi connectivity index (χ2n) is 14.0. The van der Waals surface area contributed by atoms with Gasteiger partial charge in [0.2, 0.25) is 0 Å². The van der Waals surface area contributed by atoms with E-state index in [0.29, 0.717) is 17.5 Å². The zero-order chi connectivity index (χ0) is 37.0. The smallest absolute Gasteiger partial charge is 0.164 e. The van der Waals surface area contributed by atoms with Crippen molar-refractivity contribution < 1.29 is 4.42 Å². The van der Waals surface area contributed by atoms with Crippen LogP contribution in [0.5, 0.6) is 0 Å². The van der Waals surface area contributed by atoms with Gasteiger partial charge >= 0.3 is 0 Å². The highest BCUT2D eigenvalue weighted by molar-refractivity contribution is 6.27. The van der Waals surface area contributed by atoms with Crippen LogP contribution in [0, 0.1) is 0 Å². The molecule has 262 valence electrons. The van der Waals surface area contributed by atoms with E-state index in [2.05, 4.69) is 120 Å². The summed E-state index contributed by atoms with van der Waals surface area (Å²) >= 11 is 0. The van der Waals surface area contributed by atoms with Gasteiger partial charge in [0.1, 0.15) is 11.2 Å². The molecule has 11 rings (SSSR count). The molecule has 0 aliphatic rings. The average molecular weight is 717 g/mol. The fourth-order valence-corrected chi connectivity index (χ4v) is 8.04. The fraction of sp³-hybridized carbons (Fsp3) is 0. The van der Waals surface area contributed by atoms with Crippen LogP contribution in [0.15, 0.2) is 199 Å². The quantitative estimate of drug-likeness (QED) is 0.172. The van der Waals surface area contributed by atoms with Crippen LogP contribution in [0.3, 0.4) is 0 Å². The molecule has 0 atom stereocenters. The maximum Gasteiger partial charge on any atom is 0.164 e. The highest BCUT2D eigenvalue weighted by Crippen LogP contribution is 2.42. The summed E-state index contributed by atoms with van der Waals surface area (Å²) in [5.74, 6) is 1.88. The van der Waals surface area contributed by atoms with Crippen LogP contribution in [0.1, 0.15) is 0 Å². The second-order valence-corrected chi connectivity index (χ2v) is 14.0. The molecule has 0 aliphatic heterocycles. The summed E-state index contributed by atoms with van der Waals surface area (Å²) in [6, 6.07) is 67.5. The monoisotopic (exact) mass is 716 g/mol. The van der Waals surface area contributed by atoms with E-state index in [1.165, 1.54) is 10.8 Å². The molecule has 0 saturated carbocycles. The van der Waals surface area contributed by atoms with Crippen molar-refractivity contribution >= 4 is 43.7 Å². The Balaban J connectivity index is 1.12. The van der Waals surface area contributed by atoms with Gasteiger partial charge in [-0.15, -0.1) is 0 Å². The summed E-state index contributed by atoms with van der Waals surface area (Å²) in [6.45, 7) is 0. The van der Waals surface area contributed by atoms with Crippen LogP contribution in [-0.4, -0.2) is 19.5 Å². The predicted octanol–water partition coefficient (Wildman–Crippen LogP) is 13.2. The van der Waals surface area contributed by atoms with E-state index in [9.17, 15) is 0 Å². The normalized spacial score (nSPS) is 11.6.